The number of hydrogen-bond donors (Lipinski definition) is 1. The molecule has 6 nitrogen and oxygen atoms in total. The number of benzene rings is 3. The Morgan fingerprint density at radius 2 is 1.68 bits per heavy atom. The lowest BCUT2D eigenvalue weighted by molar-refractivity contribution is -0.386. The number of carbonyl (C=O) groups excluding carboxylic acids is 1. The molecule has 0 aromatic heterocycles. The van der Waals surface area contributed by atoms with Gasteiger partial charge in [-0.2, -0.15) is 0 Å². The summed E-state index contributed by atoms with van der Waals surface area (Å²) < 4.78 is 5.77. The molecular weight excluding hydrogens is 392 g/mol. The van der Waals surface area contributed by atoms with Gasteiger partial charge in [-0.25, -0.2) is 0 Å². The number of rotatable bonds is 7. The zero-order valence-electron chi connectivity index (χ0n) is 18.3. The first-order valence-corrected chi connectivity index (χ1v) is 10.3. The van der Waals surface area contributed by atoms with Gasteiger partial charge in [0.25, 0.3) is 5.91 Å². The number of nitro benzene ring substituents is 1. The molecule has 0 radical (unpaired) electrons. The Balaban J connectivity index is 0.00000166. The lowest BCUT2D eigenvalue weighted by atomic mass is 10.1. The number of nitro groups is 1. The monoisotopic (exact) mass is 420 g/mol. The number of hydrogen-bond acceptors (Lipinski definition) is 4. The molecule has 0 aliphatic carbocycles. The molecule has 3 aromatic carbocycles. The first-order valence-electron chi connectivity index (χ1n) is 10.3. The lowest BCUT2D eigenvalue weighted by Crippen LogP contribution is -2.15. The Morgan fingerprint density at radius 1 is 1.00 bits per heavy atom. The van der Waals surface area contributed by atoms with Crippen molar-refractivity contribution in [1.82, 2.24) is 0 Å². The van der Waals surface area contributed by atoms with Crippen LogP contribution in [0.2, 0.25) is 0 Å². The summed E-state index contributed by atoms with van der Waals surface area (Å²) in [6, 6.07) is 19.9. The lowest BCUT2D eigenvalue weighted by Gasteiger charge is -2.13. The van der Waals surface area contributed by atoms with E-state index in [1.807, 2.05) is 69.3 Å². The van der Waals surface area contributed by atoms with Crippen LogP contribution in [-0.4, -0.2) is 10.8 Å². The molecule has 1 N–H and O–H groups in total. The topological polar surface area (TPSA) is 81.5 Å². The molecule has 0 fully saturated rings. The molecule has 0 aliphatic heterocycles. The summed E-state index contributed by atoms with van der Waals surface area (Å²) in [4.78, 5) is 24.0. The van der Waals surface area contributed by atoms with Gasteiger partial charge >= 0.3 is 5.69 Å². The largest absolute Gasteiger partial charge is 0.482 e. The predicted molar refractivity (Wildman–Crippen MR) is 124 cm³/mol. The number of ether oxygens (including phenoxy) is 1. The molecule has 162 valence electrons. The van der Waals surface area contributed by atoms with Crippen LogP contribution in [0.25, 0.3) is 0 Å². The second kappa shape index (κ2) is 11.5. The van der Waals surface area contributed by atoms with Crippen molar-refractivity contribution in [2.75, 3.05) is 5.32 Å². The van der Waals surface area contributed by atoms with Crippen molar-refractivity contribution in [3.05, 3.63) is 99.1 Å². The minimum Gasteiger partial charge on any atom is -0.482 e. The zero-order chi connectivity index (χ0) is 22.8. The Labute approximate surface area is 183 Å². The van der Waals surface area contributed by atoms with Gasteiger partial charge in [0.15, 0.2) is 0 Å². The predicted octanol–water partition coefficient (Wildman–Crippen LogP) is 6.32. The second-order valence-corrected chi connectivity index (χ2v) is 6.65. The van der Waals surface area contributed by atoms with Crippen LogP contribution < -0.4 is 10.1 Å². The molecule has 0 heterocycles. The van der Waals surface area contributed by atoms with E-state index < -0.39 is 10.8 Å². The van der Waals surface area contributed by atoms with Gasteiger partial charge in [-0.1, -0.05) is 69.3 Å². The SMILES string of the molecule is CC.CCc1cccc(NC(=O)c2ccc(C)c(OCc3ccccc3)c2[N+](=O)[O-])c1. The van der Waals surface area contributed by atoms with Gasteiger partial charge in [-0.15, -0.1) is 0 Å². The smallest absolute Gasteiger partial charge is 0.323 e. The van der Waals surface area contributed by atoms with Gasteiger partial charge in [0.2, 0.25) is 5.75 Å². The summed E-state index contributed by atoms with van der Waals surface area (Å²) in [6.45, 7) is 7.91. The maximum Gasteiger partial charge on any atom is 0.323 e. The summed E-state index contributed by atoms with van der Waals surface area (Å²) in [5.74, 6) is -0.441. The van der Waals surface area contributed by atoms with Gasteiger partial charge < -0.3 is 10.1 Å². The third-order valence-corrected chi connectivity index (χ3v) is 4.57. The van der Waals surface area contributed by atoms with E-state index in [0.717, 1.165) is 17.5 Å². The third kappa shape index (κ3) is 6.15. The molecule has 0 bridgehead atoms. The molecule has 0 saturated carbocycles. The minimum absolute atomic E-state index is 0.0365. The van der Waals surface area contributed by atoms with Crippen LogP contribution in [0.3, 0.4) is 0 Å². The summed E-state index contributed by atoms with van der Waals surface area (Å²) in [5.41, 5.74) is 2.77. The summed E-state index contributed by atoms with van der Waals surface area (Å²) in [6.07, 6.45) is 0.825. The van der Waals surface area contributed by atoms with Crippen LogP contribution in [0.5, 0.6) is 5.75 Å². The molecule has 0 atom stereocenters. The average molecular weight is 421 g/mol. The van der Waals surface area contributed by atoms with Gasteiger partial charge in [0.05, 0.1) is 4.92 Å². The fraction of sp³-hybridized carbons (Fsp3) is 0.240. The highest BCUT2D eigenvalue weighted by Gasteiger charge is 2.27. The normalized spacial score (nSPS) is 9.94. The van der Waals surface area contributed by atoms with Crippen molar-refractivity contribution < 1.29 is 14.5 Å². The molecule has 0 spiro atoms. The second-order valence-electron chi connectivity index (χ2n) is 6.65. The zero-order valence-corrected chi connectivity index (χ0v) is 18.3. The van der Waals surface area contributed by atoms with Crippen LogP contribution in [0.1, 0.15) is 47.8 Å². The Bertz CT molecular complexity index is 1030. The quantitative estimate of drug-likeness (QED) is 0.358. The molecule has 6 heteroatoms. The molecule has 3 rings (SSSR count). The number of anilines is 1. The van der Waals surface area contributed by atoms with E-state index in [1.165, 1.54) is 6.07 Å². The van der Waals surface area contributed by atoms with Gasteiger partial charge in [-0.3, -0.25) is 14.9 Å². The number of nitrogens with one attached hydrogen (secondary N) is 1. The van der Waals surface area contributed by atoms with E-state index in [-0.39, 0.29) is 23.6 Å². The van der Waals surface area contributed by atoms with Crippen molar-refractivity contribution >= 4 is 17.3 Å². The Morgan fingerprint density at radius 3 is 2.32 bits per heavy atom. The standard InChI is InChI=1S/C23H22N2O4.C2H6/c1-3-17-10-7-11-19(14-17)24-23(26)20-13-12-16(2)22(21(20)25(27)28)29-15-18-8-5-4-6-9-18;1-2/h4-14H,3,15H2,1-2H3,(H,24,26);1-2H3. The van der Waals surface area contributed by atoms with Crippen molar-refractivity contribution in [3.8, 4) is 5.75 Å². The first-order chi connectivity index (χ1) is 15.0. The highest BCUT2D eigenvalue weighted by Crippen LogP contribution is 2.35. The highest BCUT2D eigenvalue weighted by atomic mass is 16.6. The van der Waals surface area contributed by atoms with Crippen molar-refractivity contribution in [1.29, 1.82) is 0 Å². The Hall–Kier alpha value is -3.67. The van der Waals surface area contributed by atoms with Crippen molar-refractivity contribution in [2.24, 2.45) is 0 Å². The molecule has 0 aliphatic rings. The average Bonchev–Trinajstić information content (AvgIpc) is 2.80. The molecule has 0 unspecified atom stereocenters. The van der Waals surface area contributed by atoms with E-state index in [9.17, 15) is 14.9 Å². The van der Waals surface area contributed by atoms with E-state index in [4.69, 9.17) is 4.74 Å². The fourth-order valence-corrected chi connectivity index (χ4v) is 3.02. The third-order valence-electron chi connectivity index (χ3n) is 4.57. The van der Waals surface area contributed by atoms with E-state index >= 15 is 0 Å². The highest BCUT2D eigenvalue weighted by molar-refractivity contribution is 6.07. The fourth-order valence-electron chi connectivity index (χ4n) is 3.02. The van der Waals surface area contributed by atoms with Crippen LogP contribution in [-0.2, 0) is 13.0 Å². The maximum absolute atomic E-state index is 12.8. The van der Waals surface area contributed by atoms with Crippen molar-refractivity contribution in [2.45, 2.75) is 40.7 Å². The van der Waals surface area contributed by atoms with E-state index in [1.54, 1.807) is 19.1 Å². The van der Waals surface area contributed by atoms with Crippen LogP contribution in [0.4, 0.5) is 11.4 Å². The maximum atomic E-state index is 12.8. The molecule has 3 aromatic rings. The summed E-state index contributed by atoms with van der Waals surface area (Å²) in [5, 5.41) is 14.6. The molecular formula is C25H28N2O4. The summed E-state index contributed by atoms with van der Waals surface area (Å²) >= 11 is 0. The van der Waals surface area contributed by atoms with Crippen molar-refractivity contribution in [3.63, 3.8) is 0 Å². The van der Waals surface area contributed by atoms with Gasteiger partial charge in [0, 0.05) is 5.69 Å². The first kappa shape index (κ1) is 23.6. The van der Waals surface area contributed by atoms with Crippen LogP contribution in [0, 0.1) is 17.0 Å². The number of aryl methyl sites for hydroxylation is 2. The van der Waals surface area contributed by atoms with Crippen LogP contribution in [0.15, 0.2) is 66.7 Å². The molecule has 31 heavy (non-hydrogen) atoms. The Kier molecular flexibility index (Phi) is 8.76. The number of amides is 1. The molecule has 1 amide bonds. The van der Waals surface area contributed by atoms with Crippen LogP contribution >= 0.6 is 0 Å². The molecule has 0 saturated heterocycles. The minimum atomic E-state index is -0.565. The van der Waals surface area contributed by atoms with Gasteiger partial charge in [0.1, 0.15) is 12.2 Å². The van der Waals surface area contributed by atoms with E-state index in [2.05, 4.69) is 5.32 Å². The van der Waals surface area contributed by atoms with E-state index in [0.29, 0.717) is 11.3 Å². The number of nitrogens with zero attached hydrogens (tertiary/aromatic N) is 1. The number of carbonyl (C=O) groups is 1. The van der Waals surface area contributed by atoms with Gasteiger partial charge in [-0.05, 0) is 48.2 Å². The summed E-state index contributed by atoms with van der Waals surface area (Å²) in [7, 11) is 0.